The summed E-state index contributed by atoms with van der Waals surface area (Å²) in [5.41, 5.74) is -0.0136. The van der Waals surface area contributed by atoms with Gasteiger partial charge in [0.25, 0.3) is 0 Å². The third kappa shape index (κ3) is 8.47. The van der Waals surface area contributed by atoms with Crippen molar-refractivity contribution in [3.8, 4) is 22.7 Å². The number of rotatable bonds is 6. The van der Waals surface area contributed by atoms with Crippen molar-refractivity contribution < 1.29 is 42.9 Å². The van der Waals surface area contributed by atoms with Crippen molar-refractivity contribution in [1.82, 2.24) is 25.2 Å². The zero-order chi connectivity index (χ0) is 35.7. The molecule has 1 aliphatic rings. The van der Waals surface area contributed by atoms with Crippen molar-refractivity contribution in [3.05, 3.63) is 70.7 Å². The van der Waals surface area contributed by atoms with E-state index in [9.17, 15) is 24.3 Å². The minimum Gasteiger partial charge on any atom is -0.508 e. The quantitative estimate of drug-likeness (QED) is 0.159. The minimum absolute atomic E-state index is 0.0242. The van der Waals surface area contributed by atoms with Crippen molar-refractivity contribution >= 4 is 29.3 Å². The van der Waals surface area contributed by atoms with E-state index in [-0.39, 0.29) is 30.0 Å². The highest BCUT2D eigenvalue weighted by Gasteiger charge is 2.50. The number of phenolic OH excluding ortho intramolecular Hbond substituents is 1. The molecule has 3 atom stereocenters. The molecule has 49 heavy (non-hydrogen) atoms. The van der Waals surface area contributed by atoms with Crippen LogP contribution in [0.3, 0.4) is 0 Å². The molecule has 15 heteroatoms. The molecule has 1 fully saturated rings. The van der Waals surface area contributed by atoms with Crippen LogP contribution in [-0.2, 0) is 25.4 Å². The highest BCUT2D eigenvalue weighted by atomic mass is 16.7. The number of likely N-dealkylation sites (tertiary alicyclic amines) is 1. The van der Waals surface area contributed by atoms with Gasteiger partial charge in [0.2, 0.25) is 0 Å². The second-order valence-electron chi connectivity index (χ2n) is 13.5. The summed E-state index contributed by atoms with van der Waals surface area (Å²) in [5, 5.41) is 21.0. The van der Waals surface area contributed by atoms with Gasteiger partial charge in [-0.05, 0) is 71.7 Å². The molecule has 1 saturated heterocycles. The van der Waals surface area contributed by atoms with Crippen LogP contribution in [0.2, 0.25) is 0 Å². The Hall–Kier alpha value is -5.60. The lowest BCUT2D eigenvalue weighted by atomic mass is 9.99. The van der Waals surface area contributed by atoms with E-state index in [0.717, 1.165) is 5.56 Å². The maximum absolute atomic E-state index is 13.4. The maximum Gasteiger partial charge on any atom is 0.509 e. The minimum atomic E-state index is -1.06. The molecule has 2 aromatic heterocycles. The summed E-state index contributed by atoms with van der Waals surface area (Å²) < 4.78 is 28.9. The Labute approximate surface area is 281 Å². The number of carbonyl (C=O) groups is 3. The van der Waals surface area contributed by atoms with E-state index in [4.69, 9.17) is 23.4 Å². The van der Waals surface area contributed by atoms with Gasteiger partial charge in [0.05, 0.1) is 18.8 Å². The number of hydrogen-bond acceptors (Lipinski definition) is 12. The molecule has 2 amide bonds. The van der Waals surface area contributed by atoms with Crippen LogP contribution in [-0.4, -0.2) is 86.4 Å². The molecule has 1 aliphatic heterocycles. The van der Waals surface area contributed by atoms with Crippen LogP contribution in [0.25, 0.3) is 27.9 Å². The first-order valence-electron chi connectivity index (χ1n) is 15.6. The predicted molar refractivity (Wildman–Crippen MR) is 175 cm³/mol. The molecule has 3 heterocycles. The lowest BCUT2D eigenvalue weighted by molar-refractivity contribution is -0.0516. The lowest BCUT2D eigenvalue weighted by Gasteiger charge is -2.30. The van der Waals surface area contributed by atoms with Gasteiger partial charge in [-0.2, -0.15) is 0 Å². The van der Waals surface area contributed by atoms with E-state index in [1.165, 1.54) is 28.8 Å². The summed E-state index contributed by atoms with van der Waals surface area (Å²) in [7, 11) is 1.40. The molecule has 5 rings (SSSR count). The molecule has 2 N–H and O–H groups in total. The van der Waals surface area contributed by atoms with Gasteiger partial charge >= 0.3 is 24.0 Å². The van der Waals surface area contributed by atoms with Gasteiger partial charge < -0.3 is 33.8 Å². The van der Waals surface area contributed by atoms with Crippen molar-refractivity contribution in [2.45, 2.75) is 77.4 Å². The fourth-order valence-corrected chi connectivity index (χ4v) is 5.27. The Morgan fingerprint density at radius 1 is 0.980 bits per heavy atom. The van der Waals surface area contributed by atoms with Crippen LogP contribution in [0.4, 0.5) is 14.4 Å². The van der Waals surface area contributed by atoms with Gasteiger partial charge in [0.1, 0.15) is 28.2 Å². The van der Waals surface area contributed by atoms with E-state index in [0.29, 0.717) is 16.6 Å². The van der Waals surface area contributed by atoms with Crippen molar-refractivity contribution in [3.63, 3.8) is 0 Å². The standard InChI is InChI=1S/C34H39N5O10/c1-33(2,3)48-31(43)38-18-27(46-32(44)49-34(4,5)6)28(47-30(42)35-7)24(38)14-19-8-10-20(11-9-19)23-17-39(37-36-23)25-15-21-12-13-22(40)16-26(21)45-29(25)41/h8-13,15-17,24,27-28,40H,14,18H2,1-7H3,(H,35,42)/t24-,27+,28+/m1/s1. The monoisotopic (exact) mass is 677 g/mol. The lowest BCUT2D eigenvalue weighted by Crippen LogP contribution is -2.46. The van der Waals surface area contributed by atoms with Gasteiger partial charge in [-0.25, -0.2) is 23.9 Å². The average molecular weight is 678 g/mol. The van der Waals surface area contributed by atoms with Gasteiger partial charge in [-0.3, -0.25) is 4.90 Å². The van der Waals surface area contributed by atoms with Crippen LogP contribution in [0.15, 0.2) is 63.9 Å². The zero-order valence-electron chi connectivity index (χ0n) is 28.3. The molecule has 0 unspecified atom stereocenters. The van der Waals surface area contributed by atoms with Crippen molar-refractivity contribution in [2.75, 3.05) is 13.6 Å². The number of aromatic hydroxyl groups is 1. The number of fused-ring (bicyclic) bond motifs is 1. The number of nitrogens with zero attached hydrogens (tertiary/aromatic N) is 4. The number of alkyl carbamates (subject to hydrolysis) is 1. The van der Waals surface area contributed by atoms with Gasteiger partial charge in [0.15, 0.2) is 17.9 Å². The summed E-state index contributed by atoms with van der Waals surface area (Å²) in [4.78, 5) is 52.6. The number of hydrogen-bond donors (Lipinski definition) is 2. The highest BCUT2D eigenvalue weighted by Crippen LogP contribution is 2.31. The molecular formula is C34H39N5O10. The molecule has 0 aliphatic carbocycles. The number of aromatic nitrogens is 3. The average Bonchev–Trinajstić information content (AvgIpc) is 3.61. The van der Waals surface area contributed by atoms with Crippen molar-refractivity contribution in [2.24, 2.45) is 0 Å². The Bertz CT molecular complexity index is 1910. The van der Waals surface area contributed by atoms with Gasteiger partial charge in [-0.15, -0.1) is 5.10 Å². The SMILES string of the molecule is CNC(=O)O[C@@H]1[C@@H](OC(=O)OC(C)(C)C)CN(C(=O)OC(C)(C)C)[C@@H]1Cc1ccc(-c2cn(-c3cc4ccc(O)cc4oc3=O)nn2)cc1. The molecular weight excluding hydrogens is 638 g/mol. The smallest absolute Gasteiger partial charge is 0.508 e. The number of benzene rings is 2. The molecule has 4 aromatic rings. The molecule has 0 radical (unpaired) electrons. The van der Waals surface area contributed by atoms with E-state index >= 15 is 0 Å². The Morgan fingerprint density at radius 3 is 2.33 bits per heavy atom. The number of nitrogens with one attached hydrogen (secondary N) is 1. The Balaban J connectivity index is 1.40. The molecule has 2 aromatic carbocycles. The van der Waals surface area contributed by atoms with Crippen LogP contribution in [0.5, 0.6) is 5.75 Å². The first-order chi connectivity index (χ1) is 23.0. The third-order valence-corrected chi connectivity index (χ3v) is 7.37. The topological polar surface area (TPSA) is 185 Å². The fourth-order valence-electron chi connectivity index (χ4n) is 5.27. The summed E-state index contributed by atoms with van der Waals surface area (Å²) in [6, 6.07) is 12.5. The molecule has 0 saturated carbocycles. The summed E-state index contributed by atoms with van der Waals surface area (Å²) in [6.45, 7) is 10.2. The molecule has 0 bridgehead atoms. The normalized spacial score (nSPS) is 17.9. The zero-order valence-corrected chi connectivity index (χ0v) is 28.3. The molecule has 0 spiro atoms. The van der Waals surface area contributed by atoms with Gasteiger partial charge in [0, 0.05) is 24.1 Å². The highest BCUT2D eigenvalue weighted by molar-refractivity contribution is 5.79. The fraction of sp³-hybridized carbons (Fsp3) is 0.412. The van der Waals surface area contributed by atoms with Crippen molar-refractivity contribution in [1.29, 1.82) is 0 Å². The third-order valence-electron chi connectivity index (χ3n) is 7.37. The first kappa shape index (κ1) is 34.7. The number of carbonyl (C=O) groups excluding carboxylic acids is 3. The maximum atomic E-state index is 13.4. The largest absolute Gasteiger partial charge is 0.509 e. The van der Waals surface area contributed by atoms with Gasteiger partial charge in [-0.1, -0.05) is 29.5 Å². The Kier molecular flexibility index (Phi) is 9.56. The van der Waals surface area contributed by atoms with Crippen LogP contribution < -0.4 is 10.9 Å². The van der Waals surface area contributed by atoms with Crippen LogP contribution in [0, 0.1) is 0 Å². The molecule has 260 valence electrons. The van der Waals surface area contributed by atoms with E-state index in [1.54, 1.807) is 72.0 Å². The predicted octanol–water partition coefficient (Wildman–Crippen LogP) is 4.95. The summed E-state index contributed by atoms with van der Waals surface area (Å²) in [6.07, 6.45) is -2.71. The Morgan fingerprint density at radius 2 is 1.67 bits per heavy atom. The second-order valence-corrected chi connectivity index (χ2v) is 13.5. The summed E-state index contributed by atoms with van der Waals surface area (Å²) >= 11 is 0. The first-order valence-corrected chi connectivity index (χ1v) is 15.6. The van der Waals surface area contributed by atoms with E-state index < -0.39 is 53.4 Å². The van der Waals surface area contributed by atoms with Crippen LogP contribution in [0.1, 0.15) is 47.1 Å². The number of phenols is 1. The molecule has 15 nitrogen and oxygen atoms in total. The van der Waals surface area contributed by atoms with Crippen LogP contribution >= 0.6 is 0 Å². The number of amides is 2. The second kappa shape index (κ2) is 13.5. The van der Waals surface area contributed by atoms with E-state index in [2.05, 4.69) is 15.6 Å². The number of ether oxygens (including phenoxy) is 4. The van der Waals surface area contributed by atoms with E-state index in [1.807, 2.05) is 12.1 Å². The summed E-state index contributed by atoms with van der Waals surface area (Å²) in [5.74, 6) is -0.0242.